The lowest BCUT2D eigenvalue weighted by Gasteiger charge is -2.15. The second-order valence-corrected chi connectivity index (χ2v) is 4.62. The molecule has 15 heavy (non-hydrogen) atoms. The minimum absolute atomic E-state index is 0.717. The van der Waals surface area contributed by atoms with E-state index in [-0.39, 0.29) is 0 Å². The van der Waals surface area contributed by atoms with Gasteiger partial charge in [-0.15, -0.1) is 0 Å². The van der Waals surface area contributed by atoms with Crippen molar-refractivity contribution in [2.75, 3.05) is 6.54 Å². The first kappa shape index (κ1) is 12.2. The molecule has 1 atom stereocenters. The van der Waals surface area contributed by atoms with Crippen LogP contribution in [0.15, 0.2) is 18.2 Å². The summed E-state index contributed by atoms with van der Waals surface area (Å²) in [4.78, 5) is 4.45. The van der Waals surface area contributed by atoms with Crippen molar-refractivity contribution in [2.45, 2.75) is 34.2 Å². The Balaban J connectivity index is 2.32. The molecule has 0 aliphatic rings. The Kier molecular flexibility index (Phi) is 4.76. The predicted octanol–water partition coefficient (Wildman–Crippen LogP) is 2.77. The van der Waals surface area contributed by atoms with Crippen LogP contribution in [0, 0.1) is 18.8 Å². The fourth-order valence-corrected chi connectivity index (χ4v) is 1.36. The van der Waals surface area contributed by atoms with E-state index in [9.17, 15) is 0 Å². The van der Waals surface area contributed by atoms with Gasteiger partial charge < -0.3 is 5.32 Å². The lowest BCUT2D eigenvalue weighted by molar-refractivity contribution is 0.391. The van der Waals surface area contributed by atoms with Crippen LogP contribution in [-0.4, -0.2) is 11.5 Å². The summed E-state index contributed by atoms with van der Waals surface area (Å²) in [5.41, 5.74) is 2.22. The van der Waals surface area contributed by atoms with Crippen LogP contribution in [0.1, 0.15) is 32.2 Å². The quantitative estimate of drug-likeness (QED) is 0.801. The molecule has 0 radical (unpaired) electrons. The van der Waals surface area contributed by atoms with Crippen LogP contribution in [0.2, 0.25) is 0 Å². The van der Waals surface area contributed by atoms with Gasteiger partial charge in [0, 0.05) is 12.2 Å². The van der Waals surface area contributed by atoms with Gasteiger partial charge in [0.15, 0.2) is 0 Å². The summed E-state index contributed by atoms with van der Waals surface area (Å²) in [6, 6.07) is 6.16. The van der Waals surface area contributed by atoms with Gasteiger partial charge in [-0.25, -0.2) is 0 Å². The van der Waals surface area contributed by atoms with Crippen molar-refractivity contribution >= 4 is 0 Å². The standard InChI is InChI=1S/C13H22N2/c1-10(2)11(3)8-14-9-13-7-5-6-12(4)15-13/h5-7,10-11,14H,8-9H2,1-4H3. The molecular formula is C13H22N2. The number of hydrogen-bond donors (Lipinski definition) is 1. The van der Waals surface area contributed by atoms with E-state index in [0.717, 1.165) is 36.3 Å². The molecular weight excluding hydrogens is 184 g/mol. The second-order valence-electron chi connectivity index (χ2n) is 4.62. The summed E-state index contributed by atoms with van der Waals surface area (Å²) < 4.78 is 0. The maximum atomic E-state index is 4.45. The van der Waals surface area contributed by atoms with Gasteiger partial charge in [-0.05, 0) is 37.4 Å². The molecule has 0 spiro atoms. The molecule has 1 heterocycles. The fourth-order valence-electron chi connectivity index (χ4n) is 1.36. The Morgan fingerprint density at radius 2 is 2.00 bits per heavy atom. The zero-order valence-corrected chi connectivity index (χ0v) is 10.2. The van der Waals surface area contributed by atoms with Crippen LogP contribution in [0.4, 0.5) is 0 Å². The first-order chi connectivity index (χ1) is 7.09. The molecule has 0 aliphatic carbocycles. The molecule has 84 valence electrons. The van der Waals surface area contributed by atoms with Crippen molar-refractivity contribution in [1.29, 1.82) is 0 Å². The van der Waals surface area contributed by atoms with E-state index in [2.05, 4.69) is 43.2 Å². The summed E-state index contributed by atoms with van der Waals surface area (Å²) in [5.74, 6) is 1.46. The van der Waals surface area contributed by atoms with E-state index < -0.39 is 0 Å². The van der Waals surface area contributed by atoms with Crippen LogP contribution in [0.5, 0.6) is 0 Å². The van der Waals surface area contributed by atoms with Crippen LogP contribution in [0.25, 0.3) is 0 Å². The van der Waals surface area contributed by atoms with Gasteiger partial charge in [-0.3, -0.25) is 4.98 Å². The average Bonchev–Trinajstić information content (AvgIpc) is 2.17. The zero-order chi connectivity index (χ0) is 11.3. The molecule has 0 bridgehead atoms. The van der Waals surface area contributed by atoms with Gasteiger partial charge in [0.2, 0.25) is 0 Å². The highest BCUT2D eigenvalue weighted by Crippen LogP contribution is 2.07. The summed E-state index contributed by atoms with van der Waals surface area (Å²) in [6.07, 6.45) is 0. The normalized spacial score (nSPS) is 13.1. The Morgan fingerprint density at radius 1 is 1.27 bits per heavy atom. The van der Waals surface area contributed by atoms with E-state index in [0.29, 0.717) is 0 Å². The van der Waals surface area contributed by atoms with Crippen LogP contribution < -0.4 is 5.32 Å². The highest BCUT2D eigenvalue weighted by Gasteiger charge is 2.05. The van der Waals surface area contributed by atoms with Crippen molar-refractivity contribution < 1.29 is 0 Å². The van der Waals surface area contributed by atoms with Crippen molar-refractivity contribution in [3.63, 3.8) is 0 Å². The van der Waals surface area contributed by atoms with Gasteiger partial charge in [0.25, 0.3) is 0 Å². The van der Waals surface area contributed by atoms with Crippen LogP contribution >= 0.6 is 0 Å². The number of nitrogens with zero attached hydrogens (tertiary/aromatic N) is 1. The molecule has 2 nitrogen and oxygen atoms in total. The highest BCUT2D eigenvalue weighted by molar-refractivity contribution is 5.09. The molecule has 0 aromatic carbocycles. The molecule has 1 N–H and O–H groups in total. The van der Waals surface area contributed by atoms with Gasteiger partial charge in [-0.1, -0.05) is 26.8 Å². The smallest absolute Gasteiger partial charge is 0.0544 e. The lowest BCUT2D eigenvalue weighted by atomic mass is 9.98. The molecule has 0 saturated carbocycles. The average molecular weight is 206 g/mol. The third-order valence-electron chi connectivity index (χ3n) is 2.86. The molecule has 0 amide bonds. The number of aryl methyl sites for hydroxylation is 1. The number of rotatable bonds is 5. The zero-order valence-electron chi connectivity index (χ0n) is 10.2. The fraction of sp³-hybridized carbons (Fsp3) is 0.615. The molecule has 2 heteroatoms. The van der Waals surface area contributed by atoms with E-state index in [1.54, 1.807) is 0 Å². The third-order valence-corrected chi connectivity index (χ3v) is 2.86. The maximum absolute atomic E-state index is 4.45. The van der Waals surface area contributed by atoms with Gasteiger partial charge in [0.05, 0.1) is 5.69 Å². The minimum atomic E-state index is 0.717. The number of hydrogen-bond acceptors (Lipinski definition) is 2. The first-order valence-electron chi connectivity index (χ1n) is 5.73. The number of aromatic nitrogens is 1. The van der Waals surface area contributed by atoms with E-state index in [1.807, 2.05) is 13.0 Å². The van der Waals surface area contributed by atoms with Crippen molar-refractivity contribution in [3.8, 4) is 0 Å². The monoisotopic (exact) mass is 206 g/mol. The topological polar surface area (TPSA) is 24.9 Å². The van der Waals surface area contributed by atoms with Gasteiger partial charge in [0.1, 0.15) is 0 Å². The first-order valence-corrected chi connectivity index (χ1v) is 5.73. The Morgan fingerprint density at radius 3 is 2.60 bits per heavy atom. The van der Waals surface area contributed by atoms with Crippen molar-refractivity contribution in [3.05, 3.63) is 29.6 Å². The van der Waals surface area contributed by atoms with Gasteiger partial charge in [-0.2, -0.15) is 0 Å². The minimum Gasteiger partial charge on any atom is -0.311 e. The lowest BCUT2D eigenvalue weighted by Crippen LogP contribution is -2.24. The Hall–Kier alpha value is -0.890. The third kappa shape index (κ3) is 4.43. The summed E-state index contributed by atoms with van der Waals surface area (Å²) in [5, 5.41) is 3.45. The molecule has 1 rings (SSSR count). The second kappa shape index (κ2) is 5.86. The van der Waals surface area contributed by atoms with E-state index >= 15 is 0 Å². The Bertz CT molecular complexity index is 294. The highest BCUT2D eigenvalue weighted by atomic mass is 14.9. The maximum Gasteiger partial charge on any atom is 0.0544 e. The molecule has 0 aliphatic heterocycles. The number of nitrogens with one attached hydrogen (secondary N) is 1. The summed E-state index contributed by atoms with van der Waals surface area (Å²) in [6.45, 7) is 10.8. The summed E-state index contributed by atoms with van der Waals surface area (Å²) >= 11 is 0. The molecule has 0 saturated heterocycles. The largest absolute Gasteiger partial charge is 0.311 e. The van der Waals surface area contributed by atoms with E-state index in [1.165, 1.54) is 0 Å². The molecule has 1 unspecified atom stereocenters. The SMILES string of the molecule is Cc1cccc(CNCC(C)C(C)C)n1. The van der Waals surface area contributed by atoms with E-state index in [4.69, 9.17) is 0 Å². The van der Waals surface area contributed by atoms with Crippen LogP contribution in [0.3, 0.4) is 0 Å². The Labute approximate surface area is 93.1 Å². The van der Waals surface area contributed by atoms with Crippen molar-refractivity contribution in [1.82, 2.24) is 10.3 Å². The molecule has 1 aromatic rings. The summed E-state index contributed by atoms with van der Waals surface area (Å²) in [7, 11) is 0. The molecule has 1 aromatic heterocycles. The van der Waals surface area contributed by atoms with Gasteiger partial charge >= 0.3 is 0 Å². The predicted molar refractivity (Wildman–Crippen MR) is 64.7 cm³/mol. The van der Waals surface area contributed by atoms with Crippen molar-refractivity contribution in [2.24, 2.45) is 11.8 Å². The van der Waals surface area contributed by atoms with Crippen LogP contribution in [-0.2, 0) is 6.54 Å². The molecule has 0 fully saturated rings. The number of pyridine rings is 1.